The minimum absolute atomic E-state index is 0.0661. The van der Waals surface area contributed by atoms with E-state index < -0.39 is 0 Å². The summed E-state index contributed by atoms with van der Waals surface area (Å²) in [6.07, 6.45) is 4.55. The van der Waals surface area contributed by atoms with E-state index in [0.29, 0.717) is 0 Å². The maximum Gasteiger partial charge on any atom is 0.210 e. The number of ether oxygens (including phenoxy) is 1. The molecule has 0 saturated carbocycles. The molecule has 1 aromatic carbocycles. The van der Waals surface area contributed by atoms with Crippen LogP contribution in [0.2, 0.25) is 0 Å². The van der Waals surface area contributed by atoms with Gasteiger partial charge >= 0.3 is 0 Å². The first-order valence-corrected chi connectivity index (χ1v) is 7.87. The molecular weight excluding hydrogens is 264 g/mol. The predicted molar refractivity (Wildman–Crippen MR) is 83.8 cm³/mol. The second kappa shape index (κ2) is 5.58. The van der Waals surface area contributed by atoms with E-state index in [1.807, 2.05) is 30.9 Å². The van der Waals surface area contributed by atoms with Gasteiger partial charge in [0.05, 0.1) is 11.6 Å². The Bertz CT molecular complexity index is 517. The maximum absolute atomic E-state index is 11.3. The van der Waals surface area contributed by atoms with E-state index in [1.165, 1.54) is 5.69 Å². The highest BCUT2D eigenvalue weighted by Gasteiger charge is 2.45. The van der Waals surface area contributed by atoms with Crippen LogP contribution < -0.4 is 9.64 Å². The van der Waals surface area contributed by atoms with E-state index in [9.17, 15) is 4.79 Å². The van der Waals surface area contributed by atoms with Gasteiger partial charge < -0.3 is 14.5 Å². The molecule has 2 aliphatic rings. The van der Waals surface area contributed by atoms with Gasteiger partial charge in [-0.05, 0) is 45.2 Å². The smallest absolute Gasteiger partial charge is 0.210 e. The average Bonchev–Trinajstić information content (AvgIpc) is 3.06. The summed E-state index contributed by atoms with van der Waals surface area (Å²) in [4.78, 5) is 15.7. The highest BCUT2D eigenvalue weighted by Crippen LogP contribution is 2.38. The van der Waals surface area contributed by atoms with Gasteiger partial charge in [0, 0.05) is 31.4 Å². The highest BCUT2D eigenvalue weighted by atomic mass is 16.5. The van der Waals surface area contributed by atoms with Crippen LogP contribution in [0.3, 0.4) is 0 Å². The summed E-state index contributed by atoms with van der Waals surface area (Å²) in [6, 6.07) is 8.29. The molecular formula is C17H24N2O2. The molecule has 1 amide bonds. The third-order valence-electron chi connectivity index (χ3n) is 4.66. The van der Waals surface area contributed by atoms with Crippen molar-refractivity contribution >= 4 is 12.1 Å². The summed E-state index contributed by atoms with van der Waals surface area (Å²) in [5, 5.41) is 0. The summed E-state index contributed by atoms with van der Waals surface area (Å²) in [5.74, 6) is 0.919. The number of carbonyl (C=O) groups excluding carboxylic acids is 1. The van der Waals surface area contributed by atoms with Crippen molar-refractivity contribution in [1.29, 1.82) is 0 Å². The van der Waals surface area contributed by atoms with E-state index >= 15 is 0 Å². The van der Waals surface area contributed by atoms with Crippen LogP contribution in [0, 0.1) is 0 Å². The first-order chi connectivity index (χ1) is 10.1. The molecule has 114 valence electrons. The van der Waals surface area contributed by atoms with E-state index in [4.69, 9.17) is 4.74 Å². The standard InChI is InChI=1S/C17H24N2O2/c1-14(2)21-16-6-3-5-15(11-16)18-10-8-17(12-18)7-4-9-19(17)13-20/h3,5-6,11,13-14H,4,7-10,12H2,1-2H3. The fourth-order valence-corrected chi connectivity index (χ4v) is 3.66. The number of carbonyl (C=O) groups is 1. The Labute approximate surface area is 126 Å². The predicted octanol–water partition coefficient (Wildman–Crippen LogP) is 2.67. The van der Waals surface area contributed by atoms with E-state index in [0.717, 1.165) is 51.1 Å². The maximum atomic E-state index is 11.3. The molecule has 3 rings (SSSR count). The van der Waals surface area contributed by atoms with Crippen molar-refractivity contribution < 1.29 is 9.53 Å². The third-order valence-corrected chi connectivity index (χ3v) is 4.66. The number of amides is 1. The fourth-order valence-electron chi connectivity index (χ4n) is 3.66. The number of likely N-dealkylation sites (tertiary alicyclic amines) is 1. The van der Waals surface area contributed by atoms with Gasteiger partial charge in [0.2, 0.25) is 6.41 Å². The zero-order chi connectivity index (χ0) is 14.9. The molecule has 1 aromatic rings. The van der Waals surface area contributed by atoms with Crippen LogP contribution in [0.4, 0.5) is 5.69 Å². The molecule has 2 aliphatic heterocycles. The van der Waals surface area contributed by atoms with Crippen molar-refractivity contribution in [1.82, 2.24) is 4.90 Å². The van der Waals surface area contributed by atoms with E-state index in [1.54, 1.807) is 0 Å². The van der Waals surface area contributed by atoms with Gasteiger partial charge in [0.25, 0.3) is 0 Å². The number of hydrogen-bond donors (Lipinski definition) is 0. The molecule has 0 aliphatic carbocycles. The molecule has 2 fully saturated rings. The normalized spacial score (nSPS) is 25.1. The lowest BCUT2D eigenvalue weighted by molar-refractivity contribution is -0.121. The van der Waals surface area contributed by atoms with Crippen molar-refractivity contribution in [2.45, 2.75) is 44.8 Å². The summed E-state index contributed by atoms with van der Waals surface area (Å²) >= 11 is 0. The molecule has 2 heterocycles. The zero-order valence-corrected chi connectivity index (χ0v) is 12.9. The van der Waals surface area contributed by atoms with Gasteiger partial charge in [0.15, 0.2) is 0 Å². The first kappa shape index (κ1) is 14.2. The molecule has 1 unspecified atom stereocenters. The fraction of sp³-hybridized carbons (Fsp3) is 0.588. The molecule has 0 aromatic heterocycles. The lowest BCUT2D eigenvalue weighted by Gasteiger charge is -2.32. The van der Waals surface area contributed by atoms with Crippen LogP contribution >= 0.6 is 0 Å². The third kappa shape index (κ3) is 2.71. The Morgan fingerprint density at radius 3 is 2.90 bits per heavy atom. The Balaban J connectivity index is 1.75. The molecule has 0 radical (unpaired) electrons. The Morgan fingerprint density at radius 1 is 1.29 bits per heavy atom. The molecule has 21 heavy (non-hydrogen) atoms. The number of rotatable bonds is 4. The molecule has 4 nitrogen and oxygen atoms in total. The van der Waals surface area contributed by atoms with Crippen molar-refractivity contribution in [2.24, 2.45) is 0 Å². The van der Waals surface area contributed by atoms with Gasteiger partial charge in [-0.1, -0.05) is 6.07 Å². The molecule has 0 bridgehead atoms. The van der Waals surface area contributed by atoms with E-state index in [-0.39, 0.29) is 11.6 Å². The number of hydrogen-bond acceptors (Lipinski definition) is 3. The summed E-state index contributed by atoms with van der Waals surface area (Å²) in [6.45, 7) is 6.94. The van der Waals surface area contributed by atoms with Crippen LogP contribution in [0.5, 0.6) is 5.75 Å². The summed E-state index contributed by atoms with van der Waals surface area (Å²) in [7, 11) is 0. The van der Waals surface area contributed by atoms with Crippen molar-refractivity contribution in [2.75, 3.05) is 24.5 Å². The Hall–Kier alpha value is -1.71. The van der Waals surface area contributed by atoms with Gasteiger partial charge in [-0.25, -0.2) is 0 Å². The number of benzene rings is 1. The van der Waals surface area contributed by atoms with Gasteiger partial charge in [-0.2, -0.15) is 0 Å². The SMILES string of the molecule is CC(C)Oc1cccc(N2CCC3(CCCN3C=O)C2)c1. The highest BCUT2D eigenvalue weighted by molar-refractivity contribution is 5.55. The lowest BCUT2D eigenvalue weighted by atomic mass is 9.96. The molecule has 0 N–H and O–H groups in total. The van der Waals surface area contributed by atoms with Crippen LogP contribution in [0.1, 0.15) is 33.1 Å². The van der Waals surface area contributed by atoms with Crippen molar-refractivity contribution in [3.05, 3.63) is 24.3 Å². The van der Waals surface area contributed by atoms with Gasteiger partial charge in [0.1, 0.15) is 5.75 Å². The zero-order valence-electron chi connectivity index (χ0n) is 12.9. The first-order valence-electron chi connectivity index (χ1n) is 7.87. The van der Waals surface area contributed by atoms with Crippen LogP contribution in [-0.4, -0.2) is 42.6 Å². The number of anilines is 1. The lowest BCUT2D eigenvalue weighted by Crippen LogP contribution is -2.45. The van der Waals surface area contributed by atoms with Crippen LogP contribution in [0.15, 0.2) is 24.3 Å². The second-order valence-corrected chi connectivity index (χ2v) is 6.46. The van der Waals surface area contributed by atoms with Crippen LogP contribution in [0.25, 0.3) is 0 Å². The molecule has 2 saturated heterocycles. The van der Waals surface area contributed by atoms with Crippen molar-refractivity contribution in [3.8, 4) is 5.75 Å². The van der Waals surface area contributed by atoms with Crippen molar-refractivity contribution in [3.63, 3.8) is 0 Å². The van der Waals surface area contributed by atoms with Gasteiger partial charge in [-0.15, -0.1) is 0 Å². The Kier molecular flexibility index (Phi) is 3.79. The summed E-state index contributed by atoms with van der Waals surface area (Å²) in [5.41, 5.74) is 1.26. The minimum Gasteiger partial charge on any atom is -0.491 e. The molecule has 4 heteroatoms. The average molecular weight is 288 g/mol. The van der Waals surface area contributed by atoms with Crippen LogP contribution in [-0.2, 0) is 4.79 Å². The monoisotopic (exact) mass is 288 g/mol. The molecule has 1 atom stereocenters. The molecule has 1 spiro atoms. The number of nitrogens with zero attached hydrogens (tertiary/aromatic N) is 2. The topological polar surface area (TPSA) is 32.8 Å². The largest absolute Gasteiger partial charge is 0.491 e. The second-order valence-electron chi connectivity index (χ2n) is 6.46. The van der Waals surface area contributed by atoms with E-state index in [2.05, 4.69) is 17.0 Å². The Morgan fingerprint density at radius 2 is 2.14 bits per heavy atom. The van der Waals surface area contributed by atoms with Gasteiger partial charge in [-0.3, -0.25) is 4.79 Å². The minimum atomic E-state index is 0.0661. The summed E-state index contributed by atoms with van der Waals surface area (Å²) < 4.78 is 5.78. The quantitative estimate of drug-likeness (QED) is 0.799.